The van der Waals surface area contributed by atoms with Gasteiger partial charge in [0, 0.05) is 12.8 Å². The summed E-state index contributed by atoms with van der Waals surface area (Å²) in [6.07, 6.45) is 2.10. The standard InChI is InChI=1S/C17H24O7/c1-11-5-6-12(14(19)22-2)9-13(18)7-8-17(10-11,15(20)23-3)16(21)24-4/h5,12H,6-10H2,1-4H3/b11-5+. The molecule has 0 spiro atoms. The fourth-order valence-electron chi connectivity index (χ4n) is 2.96. The van der Waals surface area contributed by atoms with E-state index in [4.69, 9.17) is 14.2 Å². The molecule has 0 radical (unpaired) electrons. The number of esters is 3. The lowest BCUT2D eigenvalue weighted by Crippen LogP contribution is -2.42. The predicted molar refractivity (Wildman–Crippen MR) is 83.8 cm³/mol. The summed E-state index contributed by atoms with van der Waals surface area (Å²) in [6.45, 7) is 1.76. The smallest absolute Gasteiger partial charge is 0.323 e. The first-order chi connectivity index (χ1) is 11.3. The second kappa shape index (κ2) is 8.61. The van der Waals surface area contributed by atoms with Crippen molar-refractivity contribution in [3.63, 3.8) is 0 Å². The molecule has 0 aromatic rings. The van der Waals surface area contributed by atoms with Gasteiger partial charge in [-0.05, 0) is 26.2 Å². The van der Waals surface area contributed by atoms with Gasteiger partial charge in [0.2, 0.25) is 0 Å². The normalized spacial score (nSPS) is 23.4. The lowest BCUT2D eigenvalue weighted by molar-refractivity contribution is -0.170. The zero-order valence-electron chi connectivity index (χ0n) is 14.5. The van der Waals surface area contributed by atoms with E-state index in [1.807, 2.05) is 0 Å². The molecule has 1 unspecified atom stereocenters. The van der Waals surface area contributed by atoms with E-state index in [-0.39, 0.29) is 31.5 Å². The largest absolute Gasteiger partial charge is 0.469 e. The monoisotopic (exact) mass is 340 g/mol. The van der Waals surface area contributed by atoms with Crippen molar-refractivity contribution in [2.24, 2.45) is 11.3 Å². The van der Waals surface area contributed by atoms with Crippen LogP contribution >= 0.6 is 0 Å². The average Bonchev–Trinajstić information content (AvgIpc) is 2.59. The molecule has 1 aliphatic rings. The SMILES string of the molecule is COC(=O)C1C/C=C(\C)CC(C(=O)OC)(C(=O)OC)CCC(=O)C1. The lowest BCUT2D eigenvalue weighted by Gasteiger charge is -2.29. The molecule has 0 saturated heterocycles. The van der Waals surface area contributed by atoms with Gasteiger partial charge in [0.05, 0.1) is 27.2 Å². The van der Waals surface area contributed by atoms with Crippen LogP contribution < -0.4 is 0 Å². The molecule has 0 bridgehead atoms. The summed E-state index contributed by atoms with van der Waals surface area (Å²) < 4.78 is 14.3. The van der Waals surface area contributed by atoms with Crippen LogP contribution in [0.1, 0.15) is 39.0 Å². The van der Waals surface area contributed by atoms with Crippen molar-refractivity contribution in [1.82, 2.24) is 0 Å². The van der Waals surface area contributed by atoms with Crippen molar-refractivity contribution >= 4 is 23.7 Å². The van der Waals surface area contributed by atoms with Gasteiger partial charge < -0.3 is 14.2 Å². The number of Topliss-reactive ketones (excluding diaryl/α,β-unsaturated/α-hetero) is 1. The third-order valence-electron chi connectivity index (χ3n) is 4.32. The highest BCUT2D eigenvalue weighted by Gasteiger charge is 2.48. The Morgan fingerprint density at radius 2 is 1.67 bits per heavy atom. The van der Waals surface area contributed by atoms with Crippen LogP contribution in [0.2, 0.25) is 0 Å². The quantitative estimate of drug-likeness (QED) is 0.333. The van der Waals surface area contributed by atoms with E-state index >= 15 is 0 Å². The maximum Gasteiger partial charge on any atom is 0.323 e. The van der Waals surface area contributed by atoms with E-state index < -0.39 is 29.2 Å². The van der Waals surface area contributed by atoms with E-state index in [0.717, 1.165) is 5.57 Å². The highest BCUT2D eigenvalue weighted by atomic mass is 16.5. The molecule has 0 amide bonds. The van der Waals surface area contributed by atoms with Gasteiger partial charge >= 0.3 is 17.9 Å². The van der Waals surface area contributed by atoms with Crippen LogP contribution in [0.3, 0.4) is 0 Å². The van der Waals surface area contributed by atoms with E-state index in [9.17, 15) is 19.2 Å². The third kappa shape index (κ3) is 4.43. The molecule has 24 heavy (non-hydrogen) atoms. The number of carbonyl (C=O) groups is 4. The van der Waals surface area contributed by atoms with Crippen molar-refractivity contribution < 1.29 is 33.4 Å². The van der Waals surface area contributed by atoms with E-state index in [1.54, 1.807) is 13.0 Å². The Hall–Kier alpha value is -2.18. The number of hydrogen-bond acceptors (Lipinski definition) is 7. The molecule has 0 fully saturated rings. The van der Waals surface area contributed by atoms with Crippen LogP contribution in [0.15, 0.2) is 11.6 Å². The van der Waals surface area contributed by atoms with E-state index in [2.05, 4.69) is 0 Å². The summed E-state index contributed by atoms with van der Waals surface area (Å²) >= 11 is 0. The van der Waals surface area contributed by atoms with Gasteiger partial charge in [-0.3, -0.25) is 19.2 Å². The van der Waals surface area contributed by atoms with Gasteiger partial charge in [-0.2, -0.15) is 0 Å². The zero-order chi connectivity index (χ0) is 18.3. The molecular weight excluding hydrogens is 316 g/mol. The minimum atomic E-state index is -1.54. The number of hydrogen-bond donors (Lipinski definition) is 0. The number of allylic oxidation sites excluding steroid dienone is 2. The number of rotatable bonds is 3. The van der Waals surface area contributed by atoms with Crippen molar-refractivity contribution in [2.45, 2.75) is 39.0 Å². The van der Waals surface area contributed by atoms with Crippen molar-refractivity contribution in [2.75, 3.05) is 21.3 Å². The molecule has 134 valence electrons. The van der Waals surface area contributed by atoms with Crippen molar-refractivity contribution in [3.8, 4) is 0 Å². The number of ether oxygens (including phenoxy) is 3. The summed E-state index contributed by atoms with van der Waals surface area (Å²) in [6, 6.07) is 0. The highest BCUT2D eigenvalue weighted by molar-refractivity contribution is 6.01. The van der Waals surface area contributed by atoms with Crippen LogP contribution in [0.5, 0.6) is 0 Å². The molecule has 1 rings (SSSR count). The van der Waals surface area contributed by atoms with Crippen LogP contribution in [-0.2, 0) is 33.4 Å². The van der Waals surface area contributed by atoms with Crippen LogP contribution in [0.25, 0.3) is 0 Å². The lowest BCUT2D eigenvalue weighted by atomic mass is 9.75. The Labute approximate surface area is 141 Å². The topological polar surface area (TPSA) is 96.0 Å². The molecule has 0 saturated carbocycles. The summed E-state index contributed by atoms with van der Waals surface area (Å²) in [5.41, 5.74) is -0.799. The van der Waals surface area contributed by atoms with Gasteiger partial charge in [0.15, 0.2) is 5.41 Å². The Morgan fingerprint density at radius 1 is 1.08 bits per heavy atom. The van der Waals surface area contributed by atoms with E-state index in [0.29, 0.717) is 6.42 Å². The summed E-state index contributed by atoms with van der Waals surface area (Å²) in [7, 11) is 3.67. The fourth-order valence-corrected chi connectivity index (χ4v) is 2.96. The third-order valence-corrected chi connectivity index (χ3v) is 4.32. The number of ketones is 1. The second-order valence-corrected chi connectivity index (χ2v) is 5.99. The molecule has 7 heteroatoms. The maximum absolute atomic E-state index is 12.3. The van der Waals surface area contributed by atoms with Gasteiger partial charge in [-0.25, -0.2) is 0 Å². The summed E-state index contributed by atoms with van der Waals surface area (Å²) in [4.78, 5) is 48.5. The Kier molecular flexibility index (Phi) is 7.13. The first kappa shape index (κ1) is 19.9. The van der Waals surface area contributed by atoms with Crippen molar-refractivity contribution in [3.05, 3.63) is 11.6 Å². The van der Waals surface area contributed by atoms with Gasteiger partial charge in [-0.15, -0.1) is 0 Å². The Balaban J connectivity index is 3.22. The molecule has 0 heterocycles. The van der Waals surface area contributed by atoms with Gasteiger partial charge in [0.25, 0.3) is 0 Å². The predicted octanol–water partition coefficient (Wildman–Crippen LogP) is 1.59. The molecule has 0 N–H and O–H groups in total. The molecule has 7 nitrogen and oxygen atoms in total. The van der Waals surface area contributed by atoms with Crippen LogP contribution in [0.4, 0.5) is 0 Å². The van der Waals surface area contributed by atoms with Crippen LogP contribution in [-0.4, -0.2) is 45.0 Å². The number of methoxy groups -OCH3 is 3. The molecule has 1 aliphatic carbocycles. The van der Waals surface area contributed by atoms with Crippen LogP contribution in [0, 0.1) is 11.3 Å². The van der Waals surface area contributed by atoms with Crippen molar-refractivity contribution in [1.29, 1.82) is 0 Å². The highest BCUT2D eigenvalue weighted by Crippen LogP contribution is 2.36. The average molecular weight is 340 g/mol. The molecular formula is C17H24O7. The minimum Gasteiger partial charge on any atom is -0.469 e. The maximum atomic E-state index is 12.3. The van der Waals surface area contributed by atoms with Gasteiger partial charge in [0.1, 0.15) is 5.78 Å². The van der Waals surface area contributed by atoms with E-state index in [1.165, 1.54) is 21.3 Å². The Bertz CT molecular complexity index is 531. The fraction of sp³-hybridized carbons (Fsp3) is 0.647. The second-order valence-electron chi connectivity index (χ2n) is 5.99. The molecule has 1 atom stereocenters. The summed E-state index contributed by atoms with van der Waals surface area (Å²) in [5.74, 6) is -2.66. The van der Waals surface area contributed by atoms with Gasteiger partial charge in [-0.1, -0.05) is 11.6 Å². The molecule has 0 aromatic carbocycles. The molecule has 0 aliphatic heterocycles. The molecule has 0 aromatic heterocycles. The Morgan fingerprint density at radius 3 is 2.17 bits per heavy atom. The number of carbonyl (C=O) groups excluding carboxylic acids is 4. The summed E-state index contributed by atoms with van der Waals surface area (Å²) in [5, 5.41) is 0. The minimum absolute atomic E-state index is 0.00881. The zero-order valence-corrected chi connectivity index (χ0v) is 14.5. The first-order valence-corrected chi connectivity index (χ1v) is 7.72. The first-order valence-electron chi connectivity index (χ1n) is 7.72.